The van der Waals surface area contributed by atoms with Crippen molar-refractivity contribution in [3.8, 4) is 5.69 Å². The van der Waals surface area contributed by atoms with Crippen molar-refractivity contribution in [2.24, 2.45) is 0 Å². The smallest absolute Gasteiger partial charge is 0.318 e. The molecule has 6 heteroatoms. The summed E-state index contributed by atoms with van der Waals surface area (Å²) < 4.78 is 2.14. The van der Waals surface area contributed by atoms with Crippen LogP contribution in [-0.4, -0.2) is 16.5 Å². The molecule has 3 amide bonds. The van der Waals surface area contributed by atoms with Gasteiger partial charge in [-0.2, -0.15) is 0 Å². The van der Waals surface area contributed by atoms with Crippen LogP contribution in [0.2, 0.25) is 5.02 Å². The fourth-order valence-corrected chi connectivity index (χ4v) is 3.94. The number of benzene rings is 2. The van der Waals surface area contributed by atoms with Gasteiger partial charge in [0.25, 0.3) is 5.91 Å². The third kappa shape index (κ3) is 3.53. The molecule has 152 valence electrons. The normalized spacial score (nSPS) is 15.2. The van der Waals surface area contributed by atoms with Gasteiger partial charge in [0.2, 0.25) is 0 Å². The fourth-order valence-electron chi connectivity index (χ4n) is 3.75. The molecule has 0 spiro atoms. The number of amides is 3. The monoisotopic (exact) mass is 419 g/mol. The Morgan fingerprint density at radius 1 is 1.00 bits per heavy atom. The number of hydrogen-bond donors (Lipinski definition) is 1. The fraction of sp³-hybridized carbons (Fsp3) is 0.167. The number of carbonyl (C=O) groups excluding carboxylic acids is 2. The van der Waals surface area contributed by atoms with E-state index in [4.69, 9.17) is 11.6 Å². The number of aromatic nitrogens is 1. The minimum absolute atomic E-state index is 0.238. The summed E-state index contributed by atoms with van der Waals surface area (Å²) in [7, 11) is 0. The van der Waals surface area contributed by atoms with E-state index in [1.54, 1.807) is 30.3 Å². The summed E-state index contributed by atoms with van der Waals surface area (Å²) in [6.45, 7) is 6.16. The molecule has 0 bridgehead atoms. The minimum atomic E-state index is -0.488. The first-order valence-electron chi connectivity index (χ1n) is 9.80. The summed E-state index contributed by atoms with van der Waals surface area (Å²) in [5.74, 6) is -0.403. The van der Waals surface area contributed by atoms with Crippen molar-refractivity contribution in [3.63, 3.8) is 0 Å². The maximum Gasteiger partial charge on any atom is 0.333 e. The standard InChI is InChI=1S/C24H22ClN3O2/c1-4-17-8-10-20(11-9-17)27-15(2)12-18(16(27)3)13-22-23(29)28(24(30)26-22)21-7-5-6-19(25)14-21/h5-14H,4H2,1-3H3,(H,26,30)/b22-13+. The summed E-state index contributed by atoms with van der Waals surface area (Å²) in [4.78, 5) is 26.4. The number of carbonyl (C=O) groups is 2. The van der Waals surface area contributed by atoms with E-state index >= 15 is 0 Å². The molecule has 0 saturated carbocycles. The van der Waals surface area contributed by atoms with Gasteiger partial charge in [-0.1, -0.05) is 36.7 Å². The molecule has 2 heterocycles. The molecule has 0 radical (unpaired) electrons. The molecule has 1 aliphatic heterocycles. The van der Waals surface area contributed by atoms with E-state index in [0.717, 1.165) is 34.0 Å². The molecule has 1 N–H and O–H groups in total. The van der Waals surface area contributed by atoms with E-state index in [2.05, 4.69) is 41.1 Å². The SMILES string of the molecule is CCc1ccc(-n2c(C)cc(/C=C3/NC(=O)N(c4cccc(Cl)c4)C3=O)c2C)cc1. The molecule has 0 atom stereocenters. The first-order valence-corrected chi connectivity index (χ1v) is 10.2. The van der Waals surface area contributed by atoms with Crippen LogP contribution >= 0.6 is 11.6 Å². The molecule has 5 nitrogen and oxygen atoms in total. The van der Waals surface area contributed by atoms with Crippen LogP contribution in [0, 0.1) is 13.8 Å². The second kappa shape index (κ2) is 7.84. The lowest BCUT2D eigenvalue weighted by atomic mass is 10.1. The van der Waals surface area contributed by atoms with Gasteiger partial charge in [-0.25, -0.2) is 9.69 Å². The van der Waals surface area contributed by atoms with Gasteiger partial charge in [0.1, 0.15) is 5.70 Å². The van der Waals surface area contributed by atoms with Crippen molar-refractivity contribution >= 4 is 35.3 Å². The Kier molecular flexibility index (Phi) is 5.22. The molecular formula is C24H22ClN3O2. The van der Waals surface area contributed by atoms with E-state index in [-0.39, 0.29) is 5.70 Å². The molecule has 2 aromatic carbocycles. The summed E-state index contributed by atoms with van der Waals surface area (Å²) in [5.41, 5.74) is 5.94. The van der Waals surface area contributed by atoms with Crippen LogP contribution in [0.25, 0.3) is 11.8 Å². The Labute approximate surface area is 180 Å². The van der Waals surface area contributed by atoms with Gasteiger partial charge in [-0.3, -0.25) is 4.79 Å². The molecule has 0 aliphatic carbocycles. The van der Waals surface area contributed by atoms with Gasteiger partial charge in [0.15, 0.2) is 0 Å². The van der Waals surface area contributed by atoms with E-state index in [9.17, 15) is 9.59 Å². The quantitative estimate of drug-likeness (QED) is 0.454. The van der Waals surface area contributed by atoms with E-state index in [0.29, 0.717) is 10.7 Å². The van der Waals surface area contributed by atoms with Crippen LogP contribution in [0.1, 0.15) is 29.4 Å². The second-order valence-electron chi connectivity index (χ2n) is 7.29. The molecule has 1 saturated heterocycles. The molecular weight excluding hydrogens is 398 g/mol. The van der Waals surface area contributed by atoms with Crippen molar-refractivity contribution < 1.29 is 9.59 Å². The van der Waals surface area contributed by atoms with Gasteiger partial charge >= 0.3 is 6.03 Å². The third-order valence-electron chi connectivity index (χ3n) is 5.32. The zero-order chi connectivity index (χ0) is 21.4. The molecule has 4 rings (SSSR count). The molecule has 3 aromatic rings. The van der Waals surface area contributed by atoms with E-state index in [1.165, 1.54) is 5.56 Å². The highest BCUT2D eigenvalue weighted by atomic mass is 35.5. The Morgan fingerprint density at radius 3 is 2.40 bits per heavy atom. The number of urea groups is 1. The van der Waals surface area contributed by atoms with Crippen LogP contribution in [0.4, 0.5) is 10.5 Å². The lowest BCUT2D eigenvalue weighted by Gasteiger charge is -2.11. The Hall–Kier alpha value is -3.31. The predicted molar refractivity (Wildman–Crippen MR) is 120 cm³/mol. The largest absolute Gasteiger partial charge is 0.333 e. The Balaban J connectivity index is 1.68. The Morgan fingerprint density at radius 2 is 1.73 bits per heavy atom. The van der Waals surface area contributed by atoms with Gasteiger partial charge in [0.05, 0.1) is 5.69 Å². The summed E-state index contributed by atoms with van der Waals surface area (Å²) in [5, 5.41) is 3.14. The lowest BCUT2D eigenvalue weighted by molar-refractivity contribution is -0.113. The maximum atomic E-state index is 12.9. The number of anilines is 1. The average Bonchev–Trinajstić information content (AvgIpc) is 3.16. The Bertz CT molecular complexity index is 1180. The zero-order valence-electron chi connectivity index (χ0n) is 17.1. The number of hydrogen-bond acceptors (Lipinski definition) is 2. The number of nitrogens with zero attached hydrogens (tertiary/aromatic N) is 2. The van der Waals surface area contributed by atoms with Crippen molar-refractivity contribution in [1.82, 2.24) is 9.88 Å². The van der Waals surface area contributed by atoms with E-state index in [1.807, 2.05) is 19.9 Å². The van der Waals surface area contributed by atoms with Crippen LogP contribution in [0.3, 0.4) is 0 Å². The number of halogens is 1. The number of aryl methyl sites for hydroxylation is 2. The van der Waals surface area contributed by atoms with Gasteiger partial charge in [0, 0.05) is 22.1 Å². The molecule has 1 aliphatic rings. The third-order valence-corrected chi connectivity index (χ3v) is 5.55. The average molecular weight is 420 g/mol. The van der Waals surface area contributed by atoms with Gasteiger partial charge < -0.3 is 9.88 Å². The summed E-state index contributed by atoms with van der Waals surface area (Å²) in [6.07, 6.45) is 2.72. The van der Waals surface area contributed by atoms with Gasteiger partial charge in [-0.15, -0.1) is 0 Å². The van der Waals surface area contributed by atoms with Crippen LogP contribution in [0.5, 0.6) is 0 Å². The first kappa shape index (κ1) is 20.0. The molecule has 1 fully saturated rings. The maximum absolute atomic E-state index is 12.9. The number of imide groups is 1. The number of nitrogens with one attached hydrogen (secondary N) is 1. The summed E-state index contributed by atoms with van der Waals surface area (Å²) in [6, 6.07) is 16.6. The van der Waals surface area contributed by atoms with Crippen LogP contribution < -0.4 is 10.2 Å². The molecule has 30 heavy (non-hydrogen) atoms. The zero-order valence-corrected chi connectivity index (χ0v) is 17.8. The van der Waals surface area contributed by atoms with Crippen LogP contribution in [0.15, 0.2) is 60.3 Å². The van der Waals surface area contributed by atoms with Gasteiger partial charge in [-0.05, 0) is 73.9 Å². The minimum Gasteiger partial charge on any atom is -0.318 e. The van der Waals surface area contributed by atoms with Crippen LogP contribution in [-0.2, 0) is 11.2 Å². The van der Waals surface area contributed by atoms with Crippen molar-refractivity contribution in [2.75, 3.05) is 4.90 Å². The van der Waals surface area contributed by atoms with Crippen molar-refractivity contribution in [1.29, 1.82) is 0 Å². The lowest BCUT2D eigenvalue weighted by Crippen LogP contribution is -2.30. The van der Waals surface area contributed by atoms with Crippen molar-refractivity contribution in [3.05, 3.63) is 87.8 Å². The highest BCUT2D eigenvalue weighted by molar-refractivity contribution is 6.32. The van der Waals surface area contributed by atoms with Crippen molar-refractivity contribution in [2.45, 2.75) is 27.2 Å². The number of rotatable bonds is 4. The highest BCUT2D eigenvalue weighted by Gasteiger charge is 2.35. The highest BCUT2D eigenvalue weighted by Crippen LogP contribution is 2.27. The second-order valence-corrected chi connectivity index (χ2v) is 7.73. The molecule has 1 aromatic heterocycles. The van der Waals surface area contributed by atoms with E-state index < -0.39 is 11.9 Å². The molecule has 0 unspecified atom stereocenters. The topological polar surface area (TPSA) is 54.3 Å². The summed E-state index contributed by atoms with van der Waals surface area (Å²) >= 11 is 6.02. The predicted octanol–water partition coefficient (Wildman–Crippen LogP) is 5.41. The first-order chi connectivity index (χ1) is 14.4.